The number of hydrogen-bond donors (Lipinski definition) is 1. The van der Waals surface area contributed by atoms with Crippen molar-refractivity contribution in [2.75, 3.05) is 24.8 Å². The van der Waals surface area contributed by atoms with Crippen LogP contribution in [0.3, 0.4) is 0 Å². The Bertz CT molecular complexity index is 384. The van der Waals surface area contributed by atoms with Gasteiger partial charge < -0.3 is 9.64 Å². The highest BCUT2D eigenvalue weighted by Gasteiger charge is 2.12. The molecule has 0 heterocycles. The van der Waals surface area contributed by atoms with Crippen LogP contribution in [-0.4, -0.2) is 25.8 Å². The molecular formula is C11H14FNO2S. The van der Waals surface area contributed by atoms with Gasteiger partial charge in [0.25, 0.3) is 0 Å². The molecule has 1 rings (SSSR count). The zero-order valence-corrected chi connectivity index (χ0v) is 10.1. The Balaban J connectivity index is 2.88. The topological polar surface area (TPSA) is 29.5 Å². The summed E-state index contributed by atoms with van der Waals surface area (Å²) in [4.78, 5) is 12.9. The Morgan fingerprint density at radius 3 is 2.75 bits per heavy atom. The zero-order chi connectivity index (χ0) is 12.1. The van der Waals surface area contributed by atoms with Crippen LogP contribution in [0, 0.1) is 5.82 Å². The van der Waals surface area contributed by atoms with Crippen molar-refractivity contribution in [3.63, 3.8) is 0 Å². The maximum Gasteiger partial charge on any atom is 0.227 e. The fourth-order valence-corrected chi connectivity index (χ4v) is 1.46. The molecule has 1 aromatic carbocycles. The Labute approximate surface area is 99.6 Å². The maximum atomic E-state index is 13.4. The predicted octanol–water partition coefficient (Wildman–Crippen LogP) is 2.12. The number of halogens is 1. The van der Waals surface area contributed by atoms with E-state index >= 15 is 0 Å². The molecule has 0 spiro atoms. The standard InChI is InChI=1S/C11H14FNO2S/c1-13(11(14)5-6-16)8-3-4-10(15-2)9(12)7-8/h3-4,7,16H,5-6H2,1-2H3. The van der Waals surface area contributed by atoms with Gasteiger partial charge in [-0.05, 0) is 17.9 Å². The molecule has 1 amide bonds. The normalized spacial score (nSPS) is 10.0. The highest BCUT2D eigenvalue weighted by atomic mass is 32.1. The van der Waals surface area contributed by atoms with Gasteiger partial charge in [-0.3, -0.25) is 4.79 Å². The molecule has 0 aliphatic carbocycles. The number of thiol groups is 1. The van der Waals surface area contributed by atoms with E-state index in [2.05, 4.69) is 12.6 Å². The van der Waals surface area contributed by atoms with Crippen LogP contribution in [0.5, 0.6) is 5.75 Å². The average molecular weight is 243 g/mol. The van der Waals surface area contributed by atoms with Crippen molar-refractivity contribution in [2.45, 2.75) is 6.42 Å². The quantitative estimate of drug-likeness (QED) is 0.821. The lowest BCUT2D eigenvalue weighted by Crippen LogP contribution is -2.26. The molecule has 0 bridgehead atoms. The Kier molecular flexibility index (Phi) is 4.61. The summed E-state index contributed by atoms with van der Waals surface area (Å²) < 4.78 is 18.2. The summed E-state index contributed by atoms with van der Waals surface area (Å²) in [6, 6.07) is 4.41. The van der Waals surface area contributed by atoms with E-state index < -0.39 is 5.82 Å². The van der Waals surface area contributed by atoms with Crippen LogP contribution < -0.4 is 9.64 Å². The van der Waals surface area contributed by atoms with Crippen LogP contribution in [0.1, 0.15) is 6.42 Å². The highest BCUT2D eigenvalue weighted by molar-refractivity contribution is 7.80. The second-order valence-electron chi connectivity index (χ2n) is 3.25. The van der Waals surface area contributed by atoms with E-state index in [1.165, 1.54) is 24.1 Å². The first-order chi connectivity index (χ1) is 7.60. The number of ether oxygens (including phenoxy) is 1. The van der Waals surface area contributed by atoms with Crippen molar-refractivity contribution >= 4 is 24.2 Å². The first-order valence-corrected chi connectivity index (χ1v) is 5.44. The monoisotopic (exact) mass is 243 g/mol. The number of nitrogens with zero attached hydrogens (tertiary/aromatic N) is 1. The van der Waals surface area contributed by atoms with Gasteiger partial charge in [-0.25, -0.2) is 4.39 Å². The van der Waals surface area contributed by atoms with Gasteiger partial charge in [-0.2, -0.15) is 12.6 Å². The summed E-state index contributed by atoms with van der Waals surface area (Å²) in [5, 5.41) is 0. The zero-order valence-electron chi connectivity index (χ0n) is 9.24. The molecule has 0 radical (unpaired) electrons. The van der Waals surface area contributed by atoms with Gasteiger partial charge in [0.1, 0.15) is 0 Å². The van der Waals surface area contributed by atoms with Crippen molar-refractivity contribution < 1.29 is 13.9 Å². The molecule has 0 aliphatic rings. The van der Waals surface area contributed by atoms with Crippen molar-refractivity contribution in [1.29, 1.82) is 0 Å². The van der Waals surface area contributed by atoms with Crippen LogP contribution in [0.2, 0.25) is 0 Å². The number of rotatable bonds is 4. The Morgan fingerprint density at radius 2 is 2.25 bits per heavy atom. The van der Waals surface area contributed by atoms with Crippen molar-refractivity contribution in [1.82, 2.24) is 0 Å². The lowest BCUT2D eigenvalue weighted by atomic mass is 10.2. The van der Waals surface area contributed by atoms with E-state index in [-0.39, 0.29) is 11.7 Å². The summed E-state index contributed by atoms with van der Waals surface area (Å²) >= 11 is 3.98. The first-order valence-electron chi connectivity index (χ1n) is 4.81. The summed E-state index contributed by atoms with van der Waals surface area (Å²) in [6.45, 7) is 0. The summed E-state index contributed by atoms with van der Waals surface area (Å²) in [7, 11) is 3.00. The number of carbonyl (C=O) groups is 1. The minimum atomic E-state index is -0.481. The first kappa shape index (κ1) is 12.8. The number of anilines is 1. The number of carbonyl (C=O) groups excluding carboxylic acids is 1. The number of amides is 1. The molecule has 1 aromatic rings. The van der Waals surface area contributed by atoms with Gasteiger partial charge in [0, 0.05) is 25.2 Å². The van der Waals surface area contributed by atoms with E-state index in [1.807, 2.05) is 0 Å². The molecule has 5 heteroatoms. The summed E-state index contributed by atoms with van der Waals surface area (Å²) in [5.74, 6) is 0.0609. The minimum Gasteiger partial charge on any atom is -0.494 e. The fraction of sp³-hybridized carbons (Fsp3) is 0.364. The van der Waals surface area contributed by atoms with Gasteiger partial charge in [0.2, 0.25) is 5.91 Å². The Hall–Kier alpha value is -1.23. The van der Waals surface area contributed by atoms with E-state index in [4.69, 9.17) is 4.74 Å². The third kappa shape index (κ3) is 2.88. The molecule has 0 atom stereocenters. The number of hydrogen-bond acceptors (Lipinski definition) is 3. The lowest BCUT2D eigenvalue weighted by molar-refractivity contribution is -0.117. The summed E-state index contributed by atoms with van der Waals surface area (Å²) in [5.41, 5.74) is 0.505. The molecular weight excluding hydrogens is 229 g/mol. The molecule has 0 fully saturated rings. The molecule has 0 unspecified atom stereocenters. The van der Waals surface area contributed by atoms with Gasteiger partial charge in [0.15, 0.2) is 11.6 Å². The summed E-state index contributed by atoms with van der Waals surface area (Å²) in [6.07, 6.45) is 0.327. The van der Waals surface area contributed by atoms with Crippen LogP contribution in [0.15, 0.2) is 18.2 Å². The van der Waals surface area contributed by atoms with Crippen LogP contribution >= 0.6 is 12.6 Å². The molecule has 0 saturated carbocycles. The smallest absolute Gasteiger partial charge is 0.227 e. The fourth-order valence-electron chi connectivity index (χ4n) is 1.27. The number of benzene rings is 1. The van der Waals surface area contributed by atoms with Crippen LogP contribution in [0.25, 0.3) is 0 Å². The lowest BCUT2D eigenvalue weighted by Gasteiger charge is -2.17. The third-order valence-electron chi connectivity index (χ3n) is 2.22. The minimum absolute atomic E-state index is 0.0976. The number of methoxy groups -OCH3 is 1. The molecule has 3 nitrogen and oxygen atoms in total. The Morgan fingerprint density at radius 1 is 1.56 bits per heavy atom. The third-order valence-corrected chi connectivity index (χ3v) is 2.45. The maximum absolute atomic E-state index is 13.4. The van der Waals surface area contributed by atoms with E-state index in [1.54, 1.807) is 13.1 Å². The van der Waals surface area contributed by atoms with Gasteiger partial charge in [0.05, 0.1) is 7.11 Å². The SMILES string of the molecule is COc1ccc(N(C)C(=O)CCS)cc1F. The van der Waals surface area contributed by atoms with E-state index in [9.17, 15) is 9.18 Å². The predicted molar refractivity (Wildman–Crippen MR) is 64.8 cm³/mol. The molecule has 88 valence electrons. The molecule has 0 aromatic heterocycles. The van der Waals surface area contributed by atoms with Gasteiger partial charge in [-0.1, -0.05) is 0 Å². The van der Waals surface area contributed by atoms with Crippen molar-refractivity contribution in [3.8, 4) is 5.75 Å². The van der Waals surface area contributed by atoms with E-state index in [0.717, 1.165) is 0 Å². The average Bonchev–Trinajstić information content (AvgIpc) is 2.28. The second kappa shape index (κ2) is 5.75. The molecule has 0 saturated heterocycles. The molecule has 16 heavy (non-hydrogen) atoms. The molecule has 0 N–H and O–H groups in total. The van der Waals surface area contributed by atoms with Crippen molar-refractivity contribution in [3.05, 3.63) is 24.0 Å². The second-order valence-corrected chi connectivity index (χ2v) is 3.69. The van der Waals surface area contributed by atoms with E-state index in [0.29, 0.717) is 17.9 Å². The van der Waals surface area contributed by atoms with Gasteiger partial charge >= 0.3 is 0 Å². The van der Waals surface area contributed by atoms with Gasteiger partial charge in [-0.15, -0.1) is 0 Å². The van der Waals surface area contributed by atoms with Crippen molar-refractivity contribution in [2.24, 2.45) is 0 Å². The van der Waals surface area contributed by atoms with Crippen LogP contribution in [0.4, 0.5) is 10.1 Å². The largest absolute Gasteiger partial charge is 0.494 e. The molecule has 0 aliphatic heterocycles. The highest BCUT2D eigenvalue weighted by Crippen LogP contribution is 2.23. The van der Waals surface area contributed by atoms with Crippen LogP contribution in [-0.2, 0) is 4.79 Å².